The second kappa shape index (κ2) is 10.6. The van der Waals surface area contributed by atoms with E-state index in [1.54, 1.807) is 7.05 Å². The lowest BCUT2D eigenvalue weighted by molar-refractivity contribution is 0.0529. The van der Waals surface area contributed by atoms with E-state index < -0.39 is 11.7 Å². The minimum atomic E-state index is -0.501. The van der Waals surface area contributed by atoms with E-state index in [-0.39, 0.29) is 6.10 Å². The van der Waals surface area contributed by atoms with Crippen LogP contribution < -0.4 is 20.7 Å². The molecule has 0 aromatic heterocycles. The molecule has 0 fully saturated rings. The van der Waals surface area contributed by atoms with Gasteiger partial charge in [-0.25, -0.2) is 4.79 Å². The number of rotatable bonds is 7. The van der Waals surface area contributed by atoms with Gasteiger partial charge in [0.1, 0.15) is 11.4 Å². The van der Waals surface area contributed by atoms with Crippen LogP contribution >= 0.6 is 0 Å². The van der Waals surface area contributed by atoms with Crippen LogP contribution in [-0.2, 0) is 11.3 Å². The molecule has 0 saturated heterocycles. The Hall–Kier alpha value is -2.44. The number of benzene rings is 1. The van der Waals surface area contributed by atoms with E-state index in [1.165, 1.54) is 0 Å². The molecule has 0 bridgehead atoms. The van der Waals surface area contributed by atoms with E-state index in [2.05, 4.69) is 33.1 Å². The maximum absolute atomic E-state index is 11.6. The second-order valence-electron chi connectivity index (χ2n) is 7.56. The van der Waals surface area contributed by atoms with Crippen LogP contribution in [0.4, 0.5) is 4.79 Å². The van der Waals surface area contributed by atoms with Gasteiger partial charge in [-0.05, 0) is 53.2 Å². The van der Waals surface area contributed by atoms with Crippen molar-refractivity contribution in [1.82, 2.24) is 16.0 Å². The summed E-state index contributed by atoms with van der Waals surface area (Å²) in [4.78, 5) is 15.8. The van der Waals surface area contributed by atoms with Gasteiger partial charge in [0.15, 0.2) is 5.96 Å². The van der Waals surface area contributed by atoms with Crippen molar-refractivity contribution in [2.75, 3.05) is 20.1 Å². The Labute approximate surface area is 162 Å². The topological polar surface area (TPSA) is 84.0 Å². The summed E-state index contributed by atoms with van der Waals surface area (Å²) in [6.45, 7) is 13.1. The molecule has 0 aliphatic rings. The van der Waals surface area contributed by atoms with Crippen LogP contribution in [0.15, 0.2) is 23.2 Å². The molecule has 0 radical (unpaired) electrons. The number of alkyl carbamates (subject to hydrolysis) is 1. The molecule has 0 atom stereocenters. The first-order chi connectivity index (χ1) is 12.6. The molecule has 7 heteroatoms. The van der Waals surface area contributed by atoms with E-state index >= 15 is 0 Å². The number of aliphatic imine (C=N–C) groups is 1. The lowest BCUT2D eigenvalue weighted by Crippen LogP contribution is -2.42. The van der Waals surface area contributed by atoms with Crippen molar-refractivity contribution in [3.63, 3.8) is 0 Å². The summed E-state index contributed by atoms with van der Waals surface area (Å²) in [6, 6.07) is 6.15. The Kier molecular flexibility index (Phi) is 8.91. The normalized spacial score (nSPS) is 11.9. The number of carbonyl (C=O) groups is 1. The molecule has 1 aromatic carbocycles. The third-order valence-electron chi connectivity index (χ3n) is 3.34. The van der Waals surface area contributed by atoms with Gasteiger partial charge >= 0.3 is 6.09 Å². The van der Waals surface area contributed by atoms with E-state index in [4.69, 9.17) is 9.47 Å². The van der Waals surface area contributed by atoms with Crippen LogP contribution in [0.5, 0.6) is 5.75 Å². The fourth-order valence-corrected chi connectivity index (χ4v) is 2.23. The molecule has 0 aliphatic heterocycles. The average Bonchev–Trinajstić information content (AvgIpc) is 2.53. The van der Waals surface area contributed by atoms with Crippen LogP contribution in [0.1, 0.15) is 45.7 Å². The smallest absolute Gasteiger partial charge is 0.407 e. The van der Waals surface area contributed by atoms with Crippen molar-refractivity contribution < 1.29 is 14.3 Å². The lowest BCUT2D eigenvalue weighted by atomic mass is 10.1. The second-order valence-corrected chi connectivity index (χ2v) is 7.56. The molecule has 27 heavy (non-hydrogen) atoms. The Morgan fingerprint density at radius 3 is 2.41 bits per heavy atom. The number of guanidine groups is 1. The number of carbonyl (C=O) groups excluding carboxylic acids is 1. The zero-order valence-electron chi connectivity index (χ0n) is 17.6. The molecule has 7 nitrogen and oxygen atoms in total. The first-order valence-corrected chi connectivity index (χ1v) is 9.28. The number of hydrogen-bond donors (Lipinski definition) is 3. The molecular weight excluding hydrogens is 344 g/mol. The predicted molar refractivity (Wildman–Crippen MR) is 109 cm³/mol. The number of hydrogen-bond acceptors (Lipinski definition) is 4. The third-order valence-corrected chi connectivity index (χ3v) is 3.34. The van der Waals surface area contributed by atoms with Gasteiger partial charge in [-0.2, -0.15) is 0 Å². The summed E-state index contributed by atoms with van der Waals surface area (Å²) in [7, 11) is 1.71. The van der Waals surface area contributed by atoms with Crippen molar-refractivity contribution in [2.45, 2.75) is 59.8 Å². The van der Waals surface area contributed by atoms with Crippen LogP contribution in [-0.4, -0.2) is 43.9 Å². The Morgan fingerprint density at radius 2 is 1.81 bits per heavy atom. The molecule has 152 valence electrons. The molecule has 1 amide bonds. The fraction of sp³-hybridized carbons (Fsp3) is 0.600. The summed E-state index contributed by atoms with van der Waals surface area (Å²) < 4.78 is 11.1. The van der Waals surface area contributed by atoms with Crippen LogP contribution in [0.3, 0.4) is 0 Å². The minimum Gasteiger partial charge on any atom is -0.491 e. The summed E-state index contributed by atoms with van der Waals surface area (Å²) in [5.41, 5.74) is 1.72. The van der Waals surface area contributed by atoms with Crippen molar-refractivity contribution in [3.8, 4) is 5.75 Å². The predicted octanol–water partition coefficient (Wildman–Crippen LogP) is 2.97. The van der Waals surface area contributed by atoms with Crippen molar-refractivity contribution in [2.24, 2.45) is 4.99 Å². The van der Waals surface area contributed by atoms with Crippen molar-refractivity contribution >= 4 is 12.1 Å². The molecule has 1 aromatic rings. The Balaban J connectivity index is 2.46. The van der Waals surface area contributed by atoms with Gasteiger partial charge < -0.3 is 25.4 Å². The molecule has 0 aliphatic carbocycles. The first kappa shape index (κ1) is 22.6. The largest absolute Gasteiger partial charge is 0.491 e. The number of nitrogens with one attached hydrogen (secondary N) is 3. The molecule has 3 N–H and O–H groups in total. The molecular formula is C20H34N4O3. The van der Waals surface area contributed by atoms with Gasteiger partial charge in [-0.3, -0.25) is 4.99 Å². The minimum absolute atomic E-state index is 0.113. The highest BCUT2D eigenvalue weighted by Crippen LogP contribution is 2.21. The summed E-state index contributed by atoms with van der Waals surface area (Å²) in [5, 5.41) is 9.12. The van der Waals surface area contributed by atoms with E-state index in [0.717, 1.165) is 16.9 Å². The fourth-order valence-electron chi connectivity index (χ4n) is 2.23. The number of ether oxygens (including phenoxy) is 2. The maximum atomic E-state index is 11.6. The summed E-state index contributed by atoms with van der Waals surface area (Å²) in [5.74, 6) is 1.52. The van der Waals surface area contributed by atoms with Gasteiger partial charge in [0.25, 0.3) is 0 Å². The van der Waals surface area contributed by atoms with Gasteiger partial charge in [0.05, 0.1) is 6.10 Å². The monoisotopic (exact) mass is 378 g/mol. The van der Waals surface area contributed by atoms with E-state index in [0.29, 0.717) is 25.6 Å². The van der Waals surface area contributed by atoms with Gasteiger partial charge in [-0.15, -0.1) is 0 Å². The third kappa shape index (κ3) is 9.72. The van der Waals surface area contributed by atoms with Crippen molar-refractivity contribution in [3.05, 3.63) is 29.3 Å². The highest BCUT2D eigenvalue weighted by Gasteiger charge is 2.15. The van der Waals surface area contributed by atoms with Gasteiger partial charge in [0, 0.05) is 32.2 Å². The molecule has 0 spiro atoms. The highest BCUT2D eigenvalue weighted by atomic mass is 16.6. The first-order valence-electron chi connectivity index (χ1n) is 9.28. The molecule has 0 saturated carbocycles. The Morgan fingerprint density at radius 1 is 1.15 bits per heavy atom. The average molecular weight is 379 g/mol. The van der Waals surface area contributed by atoms with Crippen LogP contribution in [0.2, 0.25) is 0 Å². The lowest BCUT2D eigenvalue weighted by Gasteiger charge is -2.20. The maximum Gasteiger partial charge on any atom is 0.407 e. The zero-order valence-corrected chi connectivity index (χ0v) is 17.6. The van der Waals surface area contributed by atoms with Gasteiger partial charge in [0.2, 0.25) is 0 Å². The number of amides is 1. The number of aryl methyl sites for hydroxylation is 1. The molecule has 1 rings (SSSR count). The summed E-state index contributed by atoms with van der Waals surface area (Å²) >= 11 is 0. The molecule has 0 unspecified atom stereocenters. The van der Waals surface area contributed by atoms with Crippen LogP contribution in [0, 0.1) is 6.92 Å². The summed E-state index contributed by atoms with van der Waals surface area (Å²) in [6.07, 6.45) is -0.315. The quantitative estimate of drug-likeness (QED) is 0.386. The zero-order chi connectivity index (χ0) is 20.4. The van der Waals surface area contributed by atoms with Crippen molar-refractivity contribution in [1.29, 1.82) is 0 Å². The number of nitrogens with zero attached hydrogens (tertiary/aromatic N) is 1. The molecule has 0 heterocycles. The van der Waals surface area contributed by atoms with Crippen LogP contribution in [0.25, 0.3) is 0 Å². The SMILES string of the molecule is CN=C(NCCNC(=O)OC(C)(C)C)NCc1ccc(C)cc1OC(C)C. The van der Waals surface area contributed by atoms with E-state index in [1.807, 2.05) is 47.6 Å². The Bertz CT molecular complexity index is 637. The van der Waals surface area contributed by atoms with Gasteiger partial charge in [-0.1, -0.05) is 12.1 Å². The standard InChI is InChI=1S/C20H34N4O3/c1-14(2)26-17-12-15(3)8-9-16(17)13-24-18(21-7)22-10-11-23-19(25)27-20(4,5)6/h8-9,12,14H,10-11,13H2,1-7H3,(H,23,25)(H2,21,22,24). The van der Waals surface area contributed by atoms with E-state index in [9.17, 15) is 4.79 Å². The highest BCUT2D eigenvalue weighted by molar-refractivity contribution is 5.79.